The number of amides is 1. The van der Waals surface area contributed by atoms with E-state index in [1.54, 1.807) is 25.3 Å². The number of nitrogens with one attached hydrogen (secondary N) is 1. The van der Waals surface area contributed by atoms with Crippen molar-refractivity contribution in [3.8, 4) is 16.9 Å². The maximum absolute atomic E-state index is 12.3. The number of carbonyl (C=O) groups excluding carboxylic acids is 1. The van der Waals surface area contributed by atoms with E-state index in [2.05, 4.69) is 57.4 Å². The van der Waals surface area contributed by atoms with Crippen LogP contribution in [-0.2, 0) is 0 Å². The SMILES string of the molecule is COc1ccc(C(=O)N/N=C(/C)c2ccc(-c3ccccc3)cc2)cc1I. The molecule has 5 heteroatoms. The van der Waals surface area contributed by atoms with Crippen molar-refractivity contribution in [2.75, 3.05) is 7.11 Å². The molecule has 27 heavy (non-hydrogen) atoms. The van der Waals surface area contributed by atoms with Crippen LogP contribution in [0.15, 0.2) is 77.9 Å². The molecule has 0 bridgehead atoms. The quantitative estimate of drug-likeness (QED) is 0.320. The highest BCUT2D eigenvalue weighted by Gasteiger charge is 2.08. The number of carbonyl (C=O) groups is 1. The third-order valence-electron chi connectivity index (χ3n) is 4.15. The summed E-state index contributed by atoms with van der Waals surface area (Å²) in [5.74, 6) is 0.487. The van der Waals surface area contributed by atoms with Crippen molar-refractivity contribution >= 4 is 34.2 Å². The first-order chi connectivity index (χ1) is 13.1. The van der Waals surface area contributed by atoms with Gasteiger partial charge in [0.25, 0.3) is 5.91 Å². The lowest BCUT2D eigenvalue weighted by molar-refractivity contribution is 0.0954. The van der Waals surface area contributed by atoms with E-state index in [-0.39, 0.29) is 5.91 Å². The van der Waals surface area contributed by atoms with Crippen LogP contribution in [-0.4, -0.2) is 18.7 Å². The third-order valence-corrected chi connectivity index (χ3v) is 4.99. The molecule has 3 aromatic rings. The zero-order valence-electron chi connectivity index (χ0n) is 15.1. The van der Waals surface area contributed by atoms with Crippen LogP contribution in [0, 0.1) is 3.57 Å². The highest BCUT2D eigenvalue weighted by atomic mass is 127. The molecule has 3 rings (SSSR count). The van der Waals surface area contributed by atoms with Gasteiger partial charge in [0, 0.05) is 5.56 Å². The standard InChI is InChI=1S/C22H19IN2O2/c1-15(16-8-10-18(11-9-16)17-6-4-3-5-7-17)24-25-22(26)19-12-13-21(27-2)20(23)14-19/h3-14H,1-2H3,(H,25,26)/b24-15-. The molecular weight excluding hydrogens is 451 g/mol. The van der Waals surface area contributed by atoms with Crippen molar-refractivity contribution in [3.63, 3.8) is 0 Å². The maximum Gasteiger partial charge on any atom is 0.271 e. The predicted octanol–water partition coefficient (Wildman–Crippen LogP) is 5.12. The fraction of sp³-hybridized carbons (Fsp3) is 0.0909. The number of hydrazone groups is 1. The van der Waals surface area contributed by atoms with Crippen molar-refractivity contribution in [2.24, 2.45) is 5.10 Å². The van der Waals surface area contributed by atoms with Gasteiger partial charge in [0.2, 0.25) is 0 Å². The second kappa shape index (κ2) is 8.81. The van der Waals surface area contributed by atoms with Crippen molar-refractivity contribution < 1.29 is 9.53 Å². The first kappa shape index (κ1) is 19.1. The fourth-order valence-corrected chi connectivity index (χ4v) is 3.34. The van der Waals surface area contributed by atoms with Gasteiger partial charge >= 0.3 is 0 Å². The number of rotatable bonds is 5. The molecule has 0 aliphatic rings. The zero-order valence-corrected chi connectivity index (χ0v) is 17.2. The van der Waals surface area contributed by atoms with E-state index in [0.717, 1.165) is 26.2 Å². The first-order valence-electron chi connectivity index (χ1n) is 8.42. The maximum atomic E-state index is 12.3. The summed E-state index contributed by atoms with van der Waals surface area (Å²) in [6.07, 6.45) is 0. The molecule has 0 aromatic heterocycles. The number of ether oxygens (including phenoxy) is 1. The van der Waals surface area contributed by atoms with Gasteiger partial charge in [-0.15, -0.1) is 0 Å². The number of hydrogen-bond donors (Lipinski definition) is 1. The zero-order chi connectivity index (χ0) is 19.2. The largest absolute Gasteiger partial charge is 0.496 e. The van der Waals surface area contributed by atoms with Crippen LogP contribution in [0.2, 0.25) is 0 Å². The van der Waals surface area contributed by atoms with E-state index in [1.807, 2.05) is 37.3 Å². The Morgan fingerprint density at radius 3 is 2.19 bits per heavy atom. The number of nitrogens with zero attached hydrogens (tertiary/aromatic N) is 1. The van der Waals surface area contributed by atoms with Crippen molar-refractivity contribution in [2.45, 2.75) is 6.92 Å². The van der Waals surface area contributed by atoms with Crippen LogP contribution in [0.1, 0.15) is 22.8 Å². The highest BCUT2D eigenvalue weighted by Crippen LogP contribution is 2.22. The molecular formula is C22H19IN2O2. The summed E-state index contributed by atoms with van der Waals surface area (Å²) in [6.45, 7) is 1.87. The van der Waals surface area contributed by atoms with Crippen LogP contribution in [0.25, 0.3) is 11.1 Å². The molecule has 0 atom stereocenters. The van der Waals surface area contributed by atoms with Gasteiger partial charge < -0.3 is 4.74 Å². The molecule has 1 amide bonds. The minimum Gasteiger partial charge on any atom is -0.496 e. The molecule has 136 valence electrons. The van der Waals surface area contributed by atoms with E-state index in [4.69, 9.17) is 4.74 Å². The average molecular weight is 470 g/mol. The molecule has 0 aliphatic heterocycles. The molecule has 0 heterocycles. The van der Waals surface area contributed by atoms with Gasteiger partial charge in [-0.2, -0.15) is 5.10 Å². The Balaban J connectivity index is 1.70. The van der Waals surface area contributed by atoms with E-state index < -0.39 is 0 Å². The van der Waals surface area contributed by atoms with Crippen LogP contribution >= 0.6 is 22.6 Å². The lowest BCUT2D eigenvalue weighted by Crippen LogP contribution is -2.19. The minimum atomic E-state index is -0.254. The lowest BCUT2D eigenvalue weighted by atomic mass is 10.0. The number of hydrogen-bond acceptors (Lipinski definition) is 3. The Labute approximate surface area is 172 Å². The molecule has 1 N–H and O–H groups in total. The second-order valence-electron chi connectivity index (χ2n) is 5.93. The van der Waals surface area contributed by atoms with Crippen molar-refractivity contribution in [1.29, 1.82) is 0 Å². The molecule has 0 saturated heterocycles. The minimum absolute atomic E-state index is 0.254. The summed E-state index contributed by atoms with van der Waals surface area (Å²) in [5.41, 5.74) is 7.16. The Morgan fingerprint density at radius 1 is 0.926 bits per heavy atom. The van der Waals surface area contributed by atoms with Crippen LogP contribution in [0.5, 0.6) is 5.75 Å². The normalized spacial score (nSPS) is 11.1. The van der Waals surface area contributed by atoms with Gasteiger partial charge in [-0.25, -0.2) is 5.43 Å². The van der Waals surface area contributed by atoms with E-state index in [9.17, 15) is 4.79 Å². The first-order valence-corrected chi connectivity index (χ1v) is 9.50. The number of methoxy groups -OCH3 is 1. The predicted molar refractivity (Wildman–Crippen MR) is 117 cm³/mol. The van der Waals surface area contributed by atoms with E-state index in [1.165, 1.54) is 5.56 Å². The third kappa shape index (κ3) is 4.74. The van der Waals surface area contributed by atoms with E-state index in [0.29, 0.717) is 5.56 Å². The summed E-state index contributed by atoms with van der Waals surface area (Å²) >= 11 is 2.14. The summed E-state index contributed by atoms with van der Waals surface area (Å²) in [4.78, 5) is 12.3. The molecule has 4 nitrogen and oxygen atoms in total. The van der Waals surface area contributed by atoms with Crippen LogP contribution in [0.4, 0.5) is 0 Å². The molecule has 0 spiro atoms. The summed E-state index contributed by atoms with van der Waals surface area (Å²) < 4.78 is 6.09. The van der Waals surface area contributed by atoms with Gasteiger partial charge in [0.15, 0.2) is 0 Å². The van der Waals surface area contributed by atoms with Gasteiger partial charge in [-0.05, 0) is 64.4 Å². The number of halogens is 1. The summed E-state index contributed by atoms with van der Waals surface area (Å²) in [5, 5.41) is 4.23. The Morgan fingerprint density at radius 2 is 1.56 bits per heavy atom. The lowest BCUT2D eigenvalue weighted by Gasteiger charge is -2.07. The molecule has 0 unspecified atom stereocenters. The van der Waals surface area contributed by atoms with Crippen molar-refractivity contribution in [1.82, 2.24) is 5.43 Å². The smallest absolute Gasteiger partial charge is 0.271 e. The Kier molecular flexibility index (Phi) is 6.24. The second-order valence-corrected chi connectivity index (χ2v) is 7.09. The van der Waals surface area contributed by atoms with Gasteiger partial charge in [0.05, 0.1) is 16.4 Å². The Hall–Kier alpha value is -2.67. The summed E-state index contributed by atoms with van der Waals surface area (Å²) in [6, 6.07) is 23.6. The molecule has 0 radical (unpaired) electrons. The molecule has 3 aromatic carbocycles. The molecule has 0 aliphatic carbocycles. The van der Waals surface area contributed by atoms with Crippen molar-refractivity contribution in [3.05, 3.63) is 87.5 Å². The van der Waals surface area contributed by atoms with Gasteiger partial charge in [0.1, 0.15) is 5.75 Å². The Bertz CT molecular complexity index is 967. The van der Waals surface area contributed by atoms with Crippen LogP contribution < -0.4 is 10.2 Å². The average Bonchev–Trinajstić information content (AvgIpc) is 2.72. The van der Waals surface area contributed by atoms with Crippen LogP contribution in [0.3, 0.4) is 0 Å². The summed E-state index contributed by atoms with van der Waals surface area (Å²) in [7, 11) is 1.61. The molecule has 0 fully saturated rings. The number of benzene rings is 3. The highest BCUT2D eigenvalue weighted by molar-refractivity contribution is 14.1. The van der Waals surface area contributed by atoms with E-state index >= 15 is 0 Å². The monoisotopic (exact) mass is 470 g/mol. The topological polar surface area (TPSA) is 50.7 Å². The molecule has 0 saturated carbocycles. The fourth-order valence-electron chi connectivity index (χ4n) is 2.61. The van der Waals surface area contributed by atoms with Gasteiger partial charge in [-0.1, -0.05) is 54.6 Å². The van der Waals surface area contributed by atoms with Gasteiger partial charge in [-0.3, -0.25) is 4.79 Å².